The molecule has 0 saturated carbocycles. The van der Waals surface area contributed by atoms with Crippen molar-refractivity contribution in [1.82, 2.24) is 0 Å². The van der Waals surface area contributed by atoms with Crippen molar-refractivity contribution in [1.29, 1.82) is 5.26 Å². The molecule has 0 bridgehead atoms. The number of fused-ring (bicyclic) bond motifs is 1. The lowest BCUT2D eigenvalue weighted by Gasteiger charge is -2.09. The van der Waals surface area contributed by atoms with Gasteiger partial charge in [0.15, 0.2) is 6.07 Å². The second kappa shape index (κ2) is 5.99. The fraction of sp³-hybridized carbons (Fsp3) is 0. The summed E-state index contributed by atoms with van der Waals surface area (Å²) in [6.45, 7) is 0. The van der Waals surface area contributed by atoms with Crippen LogP contribution in [0.5, 0.6) is 0 Å². The Morgan fingerprint density at radius 1 is 0.957 bits per heavy atom. The van der Waals surface area contributed by atoms with E-state index in [9.17, 15) is 15.7 Å². The van der Waals surface area contributed by atoms with Crippen molar-refractivity contribution in [3.05, 3.63) is 70.7 Å². The number of nitrogens with one attached hydrogen (secondary N) is 1. The number of hydrogen-bond acceptors (Lipinski definition) is 4. The monoisotopic (exact) mass is 305 g/mol. The minimum absolute atomic E-state index is 0.119. The van der Waals surface area contributed by atoms with Crippen LogP contribution in [0.25, 0.3) is 11.0 Å². The number of aromatic nitrogens is 2. The Morgan fingerprint density at radius 2 is 1.57 bits per heavy atom. The Balaban J connectivity index is 2.06. The number of aliphatic imine (C=N–C) groups is 1. The zero-order valence-electron chi connectivity index (χ0n) is 11.9. The third-order valence-corrected chi connectivity index (χ3v) is 3.22. The van der Waals surface area contributed by atoms with Crippen molar-refractivity contribution in [2.75, 3.05) is 5.32 Å². The van der Waals surface area contributed by atoms with E-state index in [4.69, 9.17) is 0 Å². The van der Waals surface area contributed by atoms with Crippen LogP contribution in [0.2, 0.25) is 0 Å². The summed E-state index contributed by atoms with van der Waals surface area (Å²) < 4.78 is 0.893. The van der Waals surface area contributed by atoms with Gasteiger partial charge in [-0.2, -0.15) is 5.26 Å². The largest absolute Gasteiger partial charge is 0.710 e. The van der Waals surface area contributed by atoms with Gasteiger partial charge in [0, 0.05) is 11.8 Å². The van der Waals surface area contributed by atoms with Crippen molar-refractivity contribution >= 4 is 28.9 Å². The highest BCUT2D eigenvalue weighted by Gasteiger charge is 2.26. The van der Waals surface area contributed by atoms with Crippen molar-refractivity contribution in [2.45, 2.75) is 0 Å². The summed E-state index contributed by atoms with van der Waals surface area (Å²) in [6.07, 6.45) is 1.27. The van der Waals surface area contributed by atoms with Gasteiger partial charge in [0.05, 0.1) is 0 Å². The van der Waals surface area contributed by atoms with Gasteiger partial charge in [0.1, 0.15) is 0 Å². The van der Waals surface area contributed by atoms with Gasteiger partial charge in [0.2, 0.25) is 11.9 Å². The van der Waals surface area contributed by atoms with E-state index < -0.39 is 0 Å². The van der Waals surface area contributed by atoms with Crippen LogP contribution < -0.4 is 14.8 Å². The first-order valence-electron chi connectivity index (χ1n) is 6.74. The Morgan fingerprint density at radius 3 is 2.22 bits per heavy atom. The minimum Gasteiger partial charge on any atom is -0.710 e. The van der Waals surface area contributed by atoms with Crippen LogP contribution in [-0.2, 0) is 0 Å². The molecule has 1 aromatic heterocycles. The molecule has 1 N–H and O–H groups in total. The van der Waals surface area contributed by atoms with Gasteiger partial charge in [-0.1, -0.05) is 30.3 Å². The molecule has 2 aromatic carbocycles. The van der Waals surface area contributed by atoms with E-state index >= 15 is 0 Å². The molecule has 3 rings (SSSR count). The third kappa shape index (κ3) is 2.61. The molecular formula is C16H11N5O2. The lowest BCUT2D eigenvalue weighted by atomic mass is 10.3. The Hall–Kier alpha value is -3.66. The molecule has 0 radical (unpaired) electrons. The van der Waals surface area contributed by atoms with E-state index in [-0.39, 0.29) is 22.5 Å². The lowest BCUT2D eigenvalue weighted by molar-refractivity contribution is -0.621. The van der Waals surface area contributed by atoms with E-state index in [1.54, 1.807) is 18.2 Å². The Kier molecular flexibility index (Phi) is 3.72. The maximum atomic E-state index is 12.4. The SMILES string of the molecule is N#Cc1c(N=CNc2ccccc2)[n+]([O-])c2ccccc2[n+]1[O-]. The first-order valence-corrected chi connectivity index (χ1v) is 6.74. The predicted molar refractivity (Wildman–Crippen MR) is 84.8 cm³/mol. The highest BCUT2D eigenvalue weighted by Crippen LogP contribution is 2.14. The van der Waals surface area contributed by atoms with Gasteiger partial charge in [-0.25, -0.2) is 4.73 Å². The molecule has 7 heteroatoms. The van der Waals surface area contributed by atoms with Crippen LogP contribution in [0.4, 0.5) is 11.5 Å². The molecule has 0 amide bonds. The molecule has 0 aliphatic heterocycles. The van der Waals surface area contributed by atoms with E-state index in [1.165, 1.54) is 18.5 Å². The number of rotatable bonds is 3. The molecule has 0 aliphatic carbocycles. The smallest absolute Gasteiger partial charge is 0.414 e. The second-order valence-corrected chi connectivity index (χ2v) is 4.63. The highest BCUT2D eigenvalue weighted by molar-refractivity contribution is 5.78. The van der Waals surface area contributed by atoms with Crippen LogP contribution in [0, 0.1) is 21.7 Å². The van der Waals surface area contributed by atoms with Crippen LogP contribution in [-0.4, -0.2) is 6.34 Å². The molecule has 0 spiro atoms. The van der Waals surface area contributed by atoms with Gasteiger partial charge >= 0.3 is 11.5 Å². The molecule has 3 aromatic rings. The maximum Gasteiger partial charge on any atom is 0.414 e. The van der Waals surface area contributed by atoms with Gasteiger partial charge in [0.25, 0.3) is 5.52 Å². The van der Waals surface area contributed by atoms with Crippen LogP contribution in [0.3, 0.4) is 0 Å². The second-order valence-electron chi connectivity index (χ2n) is 4.63. The van der Waals surface area contributed by atoms with Gasteiger partial charge in [-0.3, -0.25) is 0 Å². The van der Waals surface area contributed by atoms with Crippen LogP contribution >= 0.6 is 0 Å². The standard InChI is InChI=1S/C16H11N5O2/c17-10-15-16(19-11-18-12-6-2-1-3-7-12)21(23)14-9-5-4-8-13(14)20(15)22/h1-9,11H,(H,18,19). The predicted octanol–water partition coefficient (Wildman–Crippen LogP) is 1.75. The molecule has 7 nitrogen and oxygen atoms in total. The quantitative estimate of drug-likeness (QED) is 0.344. The van der Waals surface area contributed by atoms with E-state index in [0.29, 0.717) is 9.46 Å². The molecule has 0 atom stereocenters. The van der Waals surface area contributed by atoms with E-state index in [0.717, 1.165) is 5.69 Å². The minimum atomic E-state index is -0.357. The summed E-state index contributed by atoms with van der Waals surface area (Å²) in [5, 5.41) is 36.6. The van der Waals surface area contributed by atoms with Gasteiger partial charge < -0.3 is 15.7 Å². The van der Waals surface area contributed by atoms with Gasteiger partial charge in [-0.15, -0.1) is 4.73 Å². The zero-order chi connectivity index (χ0) is 16.2. The van der Waals surface area contributed by atoms with Crippen molar-refractivity contribution in [3.8, 4) is 6.07 Å². The van der Waals surface area contributed by atoms with Crippen molar-refractivity contribution < 1.29 is 9.46 Å². The fourth-order valence-corrected chi connectivity index (χ4v) is 2.14. The average molecular weight is 305 g/mol. The van der Waals surface area contributed by atoms with E-state index in [1.807, 2.05) is 30.3 Å². The molecule has 0 saturated heterocycles. The normalized spacial score (nSPS) is 10.7. The summed E-state index contributed by atoms with van der Waals surface area (Å²) in [5.41, 5.74) is 0.676. The van der Waals surface area contributed by atoms with E-state index in [2.05, 4.69) is 10.3 Å². The molecular weight excluding hydrogens is 294 g/mol. The van der Waals surface area contributed by atoms with Gasteiger partial charge in [-0.05, 0) is 23.2 Å². The Labute approximate surface area is 131 Å². The first kappa shape index (κ1) is 14.3. The topological polar surface area (TPSA) is 102 Å². The molecule has 0 fully saturated rings. The number of nitriles is 1. The highest BCUT2D eigenvalue weighted by atomic mass is 16.5. The number of anilines is 1. The first-order chi connectivity index (χ1) is 11.2. The summed E-state index contributed by atoms with van der Waals surface area (Å²) in [6, 6.07) is 17.2. The third-order valence-electron chi connectivity index (χ3n) is 3.22. The summed E-state index contributed by atoms with van der Waals surface area (Å²) in [4.78, 5) is 3.95. The number of para-hydroxylation sites is 3. The molecule has 1 heterocycles. The fourth-order valence-electron chi connectivity index (χ4n) is 2.14. The summed E-state index contributed by atoms with van der Waals surface area (Å²) >= 11 is 0. The van der Waals surface area contributed by atoms with Crippen molar-refractivity contribution in [3.63, 3.8) is 0 Å². The average Bonchev–Trinajstić information content (AvgIpc) is 2.60. The summed E-state index contributed by atoms with van der Waals surface area (Å²) in [7, 11) is 0. The number of nitrogens with zero attached hydrogens (tertiary/aromatic N) is 4. The number of benzene rings is 2. The molecule has 112 valence electrons. The molecule has 0 aliphatic rings. The lowest BCUT2D eigenvalue weighted by Crippen LogP contribution is -2.41. The molecule has 0 unspecified atom stereocenters. The Bertz CT molecular complexity index is 933. The van der Waals surface area contributed by atoms with Crippen molar-refractivity contribution in [2.24, 2.45) is 4.99 Å². The zero-order valence-corrected chi connectivity index (χ0v) is 11.9. The summed E-state index contributed by atoms with van der Waals surface area (Å²) in [5.74, 6) is -0.260. The molecule has 23 heavy (non-hydrogen) atoms. The number of hydrogen-bond donors (Lipinski definition) is 1. The maximum absolute atomic E-state index is 12.4. The van der Waals surface area contributed by atoms with Crippen LogP contribution in [0.1, 0.15) is 5.69 Å². The van der Waals surface area contributed by atoms with Crippen LogP contribution in [0.15, 0.2) is 59.6 Å².